The zero-order valence-electron chi connectivity index (χ0n) is 13.7. The Labute approximate surface area is 150 Å². The van der Waals surface area contributed by atoms with Crippen molar-refractivity contribution in [1.82, 2.24) is 5.43 Å². The van der Waals surface area contributed by atoms with Gasteiger partial charge in [0.05, 0.1) is 11.6 Å². The summed E-state index contributed by atoms with van der Waals surface area (Å²) < 4.78 is 0.866. The maximum absolute atomic E-state index is 12.9. The van der Waals surface area contributed by atoms with Crippen LogP contribution < -0.4 is 5.43 Å². The highest BCUT2D eigenvalue weighted by molar-refractivity contribution is 9.10. The molecule has 2 atom stereocenters. The van der Waals surface area contributed by atoms with Gasteiger partial charge in [-0.3, -0.25) is 4.79 Å². The summed E-state index contributed by atoms with van der Waals surface area (Å²) in [5.41, 5.74) is 3.15. The number of halogens is 1. The first-order valence-corrected chi connectivity index (χ1v) is 9.65. The molecule has 24 heavy (non-hydrogen) atoms. The van der Waals surface area contributed by atoms with Crippen LogP contribution in [0.1, 0.15) is 50.5 Å². The molecule has 4 saturated carbocycles. The lowest BCUT2D eigenvalue weighted by Crippen LogP contribution is -2.47. The quantitative estimate of drug-likeness (QED) is 0.599. The van der Waals surface area contributed by atoms with Crippen LogP contribution in [-0.2, 0) is 4.79 Å². The number of nitrogens with one attached hydrogen (secondary N) is 1. The van der Waals surface area contributed by atoms with E-state index in [1.165, 1.54) is 31.9 Å². The molecule has 4 fully saturated rings. The molecule has 0 aromatic heterocycles. The summed E-state index contributed by atoms with van der Waals surface area (Å²) >= 11 is 3.37. The van der Waals surface area contributed by atoms with E-state index in [-0.39, 0.29) is 17.1 Å². The molecule has 0 heterocycles. The number of benzene rings is 1. The number of rotatable bonds is 3. The van der Waals surface area contributed by atoms with Crippen molar-refractivity contribution in [3.8, 4) is 5.75 Å². The summed E-state index contributed by atoms with van der Waals surface area (Å²) in [5.74, 6) is 2.41. The molecule has 1 aromatic carbocycles. The number of nitrogens with zero attached hydrogens (tertiary/aromatic N) is 1. The fourth-order valence-corrected chi connectivity index (χ4v) is 5.76. The predicted octanol–water partition coefficient (Wildman–Crippen LogP) is 4.21. The minimum absolute atomic E-state index is 0.0783. The molecule has 1 amide bonds. The van der Waals surface area contributed by atoms with Gasteiger partial charge in [0, 0.05) is 10.0 Å². The van der Waals surface area contributed by atoms with Crippen LogP contribution in [0.4, 0.5) is 0 Å². The van der Waals surface area contributed by atoms with Gasteiger partial charge in [0.2, 0.25) is 5.91 Å². The third-order valence-electron chi connectivity index (χ3n) is 6.20. The van der Waals surface area contributed by atoms with Gasteiger partial charge < -0.3 is 5.11 Å². The molecule has 0 saturated heterocycles. The van der Waals surface area contributed by atoms with Gasteiger partial charge in [-0.2, -0.15) is 5.10 Å². The molecular formula is C19H23BrN2O2. The highest BCUT2D eigenvalue weighted by Crippen LogP contribution is 2.57. The van der Waals surface area contributed by atoms with Crippen LogP contribution in [0.25, 0.3) is 0 Å². The Balaban J connectivity index is 1.48. The van der Waals surface area contributed by atoms with E-state index in [0.717, 1.165) is 41.5 Å². The zero-order valence-corrected chi connectivity index (χ0v) is 15.3. The van der Waals surface area contributed by atoms with Crippen molar-refractivity contribution in [2.24, 2.45) is 28.3 Å². The van der Waals surface area contributed by atoms with Gasteiger partial charge in [0.25, 0.3) is 0 Å². The third kappa shape index (κ3) is 2.99. The normalized spacial score (nSPS) is 34.5. The maximum atomic E-state index is 12.9. The smallest absolute Gasteiger partial charge is 0.246 e. The molecule has 2 N–H and O–H groups in total. The SMILES string of the molecule is O=C(NN=Cc1cc(Br)ccc1O)C12CC3CCC(CC(C3)C1)C2. The second kappa shape index (κ2) is 6.17. The number of hydrazone groups is 1. The molecule has 1 aromatic rings. The van der Waals surface area contributed by atoms with Crippen molar-refractivity contribution >= 4 is 28.1 Å². The zero-order chi connectivity index (χ0) is 16.7. The second-order valence-electron chi connectivity index (χ2n) is 7.94. The van der Waals surface area contributed by atoms with Crippen LogP contribution in [0.3, 0.4) is 0 Å². The Bertz CT molecular complexity index is 672. The van der Waals surface area contributed by atoms with Crippen molar-refractivity contribution in [3.63, 3.8) is 0 Å². The number of carbonyl (C=O) groups excluding carboxylic acids is 1. The van der Waals surface area contributed by atoms with Gasteiger partial charge in [-0.15, -0.1) is 0 Å². The molecule has 0 aliphatic heterocycles. The minimum atomic E-state index is -0.205. The van der Waals surface area contributed by atoms with E-state index in [1.807, 2.05) is 0 Å². The van der Waals surface area contributed by atoms with Gasteiger partial charge in [-0.25, -0.2) is 5.43 Å². The second-order valence-corrected chi connectivity index (χ2v) is 8.86. The average molecular weight is 391 g/mol. The Morgan fingerprint density at radius 3 is 2.58 bits per heavy atom. The molecule has 0 spiro atoms. The largest absolute Gasteiger partial charge is 0.507 e. The Hall–Kier alpha value is -1.36. The van der Waals surface area contributed by atoms with E-state index in [9.17, 15) is 9.90 Å². The molecular weight excluding hydrogens is 368 g/mol. The third-order valence-corrected chi connectivity index (χ3v) is 6.69. The van der Waals surface area contributed by atoms with Crippen molar-refractivity contribution in [1.29, 1.82) is 0 Å². The number of phenols is 1. The summed E-state index contributed by atoms with van der Waals surface area (Å²) in [6.45, 7) is 0. The van der Waals surface area contributed by atoms with Crippen LogP contribution in [0.5, 0.6) is 5.75 Å². The fraction of sp³-hybridized carbons (Fsp3) is 0.579. The Morgan fingerprint density at radius 1 is 1.21 bits per heavy atom. The summed E-state index contributed by atoms with van der Waals surface area (Å²) in [7, 11) is 0. The average Bonchev–Trinajstić information content (AvgIpc) is 2.76. The first kappa shape index (κ1) is 16.1. The van der Waals surface area contributed by atoms with E-state index >= 15 is 0 Å². The van der Waals surface area contributed by atoms with Crippen molar-refractivity contribution in [2.45, 2.75) is 44.9 Å². The monoisotopic (exact) mass is 390 g/mol. The molecule has 4 nitrogen and oxygen atoms in total. The van der Waals surface area contributed by atoms with Crippen molar-refractivity contribution in [2.75, 3.05) is 0 Å². The van der Waals surface area contributed by atoms with Gasteiger partial charge in [0.1, 0.15) is 5.75 Å². The number of aromatic hydroxyl groups is 1. The van der Waals surface area contributed by atoms with E-state index in [1.54, 1.807) is 18.2 Å². The van der Waals surface area contributed by atoms with Gasteiger partial charge >= 0.3 is 0 Å². The van der Waals surface area contributed by atoms with Crippen LogP contribution in [0.2, 0.25) is 0 Å². The van der Waals surface area contributed by atoms with E-state index in [4.69, 9.17) is 0 Å². The summed E-state index contributed by atoms with van der Waals surface area (Å²) in [6.07, 6.45) is 9.85. The molecule has 4 bridgehead atoms. The van der Waals surface area contributed by atoms with Gasteiger partial charge in [0.15, 0.2) is 0 Å². The lowest BCUT2D eigenvalue weighted by atomic mass is 9.58. The first-order valence-electron chi connectivity index (χ1n) is 8.86. The standard InChI is InChI=1S/C19H23BrN2O2/c20-16-3-4-17(23)15(7-16)11-21-22-18(24)19-8-12-1-2-13(9-19)6-14(5-12)10-19/h3-4,7,11-14,23H,1-2,5-6,8-10H2,(H,22,24). The molecule has 4 aliphatic rings. The molecule has 0 radical (unpaired) electrons. The number of hydrogen-bond donors (Lipinski definition) is 2. The van der Waals surface area contributed by atoms with Crippen LogP contribution in [0, 0.1) is 23.2 Å². The number of hydrogen-bond acceptors (Lipinski definition) is 3. The van der Waals surface area contributed by atoms with Gasteiger partial charge in [-0.1, -0.05) is 28.8 Å². The highest BCUT2D eigenvalue weighted by Gasteiger charge is 2.52. The lowest BCUT2D eigenvalue weighted by Gasteiger charge is -2.46. The highest BCUT2D eigenvalue weighted by atomic mass is 79.9. The minimum Gasteiger partial charge on any atom is -0.507 e. The maximum Gasteiger partial charge on any atom is 0.246 e. The van der Waals surface area contributed by atoms with Crippen molar-refractivity contribution in [3.05, 3.63) is 28.2 Å². The van der Waals surface area contributed by atoms with Gasteiger partial charge in [-0.05, 0) is 68.1 Å². The van der Waals surface area contributed by atoms with Crippen LogP contribution in [0.15, 0.2) is 27.8 Å². The number of amides is 1. The van der Waals surface area contributed by atoms with E-state index in [2.05, 4.69) is 26.5 Å². The van der Waals surface area contributed by atoms with Crippen LogP contribution in [-0.4, -0.2) is 17.2 Å². The van der Waals surface area contributed by atoms with Crippen LogP contribution >= 0.6 is 15.9 Å². The summed E-state index contributed by atoms with van der Waals surface area (Å²) in [6, 6.07) is 5.15. The predicted molar refractivity (Wildman–Crippen MR) is 96.8 cm³/mol. The van der Waals surface area contributed by atoms with E-state index < -0.39 is 0 Å². The molecule has 128 valence electrons. The summed E-state index contributed by atoms with van der Waals surface area (Å²) in [4.78, 5) is 12.9. The summed E-state index contributed by atoms with van der Waals surface area (Å²) in [5, 5.41) is 14.0. The molecule has 5 heteroatoms. The number of carbonyl (C=O) groups is 1. The van der Waals surface area contributed by atoms with Crippen molar-refractivity contribution < 1.29 is 9.90 Å². The topological polar surface area (TPSA) is 61.7 Å². The number of phenolic OH excluding ortho intramolecular Hbond substituents is 1. The molecule has 2 unspecified atom stereocenters. The molecule has 4 aliphatic carbocycles. The Morgan fingerprint density at radius 2 is 1.88 bits per heavy atom. The fourth-order valence-electron chi connectivity index (χ4n) is 5.38. The number of fused-ring (bicyclic) bond motifs is 1. The molecule has 5 rings (SSSR count). The first-order chi connectivity index (χ1) is 11.5. The lowest BCUT2D eigenvalue weighted by molar-refractivity contribution is -0.138. The van der Waals surface area contributed by atoms with E-state index in [0.29, 0.717) is 5.56 Å². The Kier molecular flexibility index (Phi) is 4.15.